The molecule has 1 amide bonds. The molecule has 3 atom stereocenters. The molecule has 6 rings (SSSR count). The lowest BCUT2D eigenvalue weighted by molar-refractivity contribution is -0.138. The van der Waals surface area contributed by atoms with Crippen molar-refractivity contribution in [1.29, 1.82) is 0 Å². The van der Waals surface area contributed by atoms with Crippen LogP contribution >= 0.6 is 0 Å². The lowest BCUT2D eigenvalue weighted by atomic mass is 10.0. The quantitative estimate of drug-likeness (QED) is 0.236. The molecular weight excluding hydrogens is 547 g/mol. The van der Waals surface area contributed by atoms with Gasteiger partial charge in [0.15, 0.2) is 5.65 Å². The Morgan fingerprint density at radius 1 is 1.21 bits per heavy atom. The van der Waals surface area contributed by atoms with Crippen LogP contribution < -0.4 is 11.1 Å². The topological polar surface area (TPSA) is 114 Å². The highest BCUT2D eigenvalue weighted by Crippen LogP contribution is 2.44. The number of halogens is 3. The highest BCUT2D eigenvalue weighted by Gasteiger charge is 2.45. The molecule has 9 nitrogen and oxygen atoms in total. The van der Waals surface area contributed by atoms with Crippen molar-refractivity contribution in [3.05, 3.63) is 83.7 Å². The summed E-state index contributed by atoms with van der Waals surface area (Å²) in [7, 11) is 0. The summed E-state index contributed by atoms with van der Waals surface area (Å²) in [5.74, 6) is 0.199. The second kappa shape index (κ2) is 10.8. The number of hydrogen-bond donors (Lipinski definition) is 2. The number of nitrogen functional groups attached to an aromatic ring is 1. The average Bonchev–Trinajstić information content (AvgIpc) is 3.65. The van der Waals surface area contributed by atoms with Crippen LogP contribution in [0.3, 0.4) is 0 Å². The summed E-state index contributed by atoms with van der Waals surface area (Å²) in [6.45, 7) is 6.81. The van der Waals surface area contributed by atoms with Crippen LogP contribution in [-0.4, -0.2) is 49.9 Å². The summed E-state index contributed by atoms with van der Waals surface area (Å²) in [5.41, 5.74) is 9.28. The van der Waals surface area contributed by atoms with Gasteiger partial charge >= 0.3 is 6.18 Å². The first kappa shape index (κ1) is 27.9. The first-order valence-corrected chi connectivity index (χ1v) is 13.7. The van der Waals surface area contributed by atoms with Crippen LogP contribution in [0.2, 0.25) is 0 Å². The number of rotatable bonds is 7. The van der Waals surface area contributed by atoms with Gasteiger partial charge in [0.25, 0.3) is 0 Å². The summed E-state index contributed by atoms with van der Waals surface area (Å²) in [6.07, 6.45) is -1.21. The predicted octanol–water partition coefficient (Wildman–Crippen LogP) is 4.94. The molecule has 0 radical (unpaired) electrons. The predicted molar refractivity (Wildman–Crippen MR) is 151 cm³/mol. The second-order valence-electron chi connectivity index (χ2n) is 10.7. The van der Waals surface area contributed by atoms with Crippen molar-refractivity contribution < 1.29 is 22.7 Å². The van der Waals surface area contributed by atoms with Crippen LogP contribution in [0.1, 0.15) is 47.2 Å². The SMILES string of the molecule is C=CC(=O)N1CCC[C@@H](n2nc(-c3ccc(CNC4OC4c4ccc(C)cc4C(F)(F)F)cc3)c3c(N)ncnc32)C1. The average molecular weight is 578 g/mol. The summed E-state index contributed by atoms with van der Waals surface area (Å²) in [4.78, 5) is 22.7. The number of aromatic nitrogens is 4. The normalized spacial score (nSPS) is 20.6. The van der Waals surface area contributed by atoms with E-state index in [2.05, 4.69) is 21.9 Å². The lowest BCUT2D eigenvalue weighted by Gasteiger charge is -2.32. The summed E-state index contributed by atoms with van der Waals surface area (Å²) in [5, 5.41) is 8.73. The standard InChI is InChI=1S/C30H30F3N7O2/c1-3-23(41)39-12-4-5-20(15-39)40-28-24(27(34)36-16-37-28)25(38-40)19-9-7-18(8-10-19)14-35-29-26(42-29)21-11-6-17(2)13-22(21)30(31,32)33/h3,6-11,13,16,20,26,29,35H,1,4-5,12,14-15H2,2H3,(H2,34,36,37)/t20-,26?,29?/m1/s1. The number of amides is 1. The van der Waals surface area contributed by atoms with E-state index in [0.29, 0.717) is 47.7 Å². The molecule has 2 aliphatic heterocycles. The van der Waals surface area contributed by atoms with Crippen molar-refractivity contribution in [3.8, 4) is 11.3 Å². The Kier molecular flexibility index (Phi) is 7.19. The van der Waals surface area contributed by atoms with E-state index in [4.69, 9.17) is 15.6 Å². The van der Waals surface area contributed by atoms with E-state index in [9.17, 15) is 18.0 Å². The Morgan fingerprint density at radius 2 is 2.00 bits per heavy atom. The third-order valence-electron chi connectivity index (χ3n) is 7.79. The molecule has 3 N–H and O–H groups in total. The van der Waals surface area contributed by atoms with E-state index in [0.717, 1.165) is 30.0 Å². The first-order chi connectivity index (χ1) is 20.1. The van der Waals surface area contributed by atoms with Gasteiger partial charge in [-0.25, -0.2) is 14.6 Å². The molecule has 2 aliphatic rings. The van der Waals surface area contributed by atoms with Crippen molar-refractivity contribution >= 4 is 22.8 Å². The second-order valence-corrected chi connectivity index (χ2v) is 10.7. The van der Waals surface area contributed by atoms with E-state index in [1.54, 1.807) is 17.9 Å². The smallest absolute Gasteiger partial charge is 0.383 e. The number of epoxide rings is 1. The molecule has 4 heterocycles. The number of aryl methyl sites for hydroxylation is 1. The monoisotopic (exact) mass is 577 g/mol. The van der Waals surface area contributed by atoms with Crippen molar-refractivity contribution in [2.75, 3.05) is 18.8 Å². The Bertz CT molecular complexity index is 1650. The van der Waals surface area contributed by atoms with Crippen LogP contribution in [0, 0.1) is 6.92 Å². The molecule has 2 aromatic carbocycles. The zero-order chi connectivity index (χ0) is 29.6. The summed E-state index contributed by atoms with van der Waals surface area (Å²) >= 11 is 0. The number of benzene rings is 2. The molecule has 2 saturated heterocycles. The number of nitrogens with two attached hydrogens (primary N) is 1. The van der Waals surface area contributed by atoms with Crippen LogP contribution in [0.15, 0.2) is 61.4 Å². The van der Waals surface area contributed by atoms with Crippen LogP contribution in [-0.2, 0) is 22.3 Å². The number of carbonyl (C=O) groups is 1. The molecule has 12 heteroatoms. The van der Waals surface area contributed by atoms with Gasteiger partial charge in [-0.05, 0) is 43.0 Å². The summed E-state index contributed by atoms with van der Waals surface area (Å²) in [6, 6.07) is 11.9. The van der Waals surface area contributed by atoms with E-state index < -0.39 is 24.1 Å². The zero-order valence-electron chi connectivity index (χ0n) is 22.9. The molecule has 2 fully saturated rings. The van der Waals surface area contributed by atoms with E-state index in [-0.39, 0.29) is 17.5 Å². The van der Waals surface area contributed by atoms with Gasteiger partial charge < -0.3 is 15.4 Å². The van der Waals surface area contributed by atoms with Crippen LogP contribution in [0.4, 0.5) is 19.0 Å². The van der Waals surface area contributed by atoms with Gasteiger partial charge in [-0.1, -0.05) is 48.5 Å². The fourth-order valence-electron chi connectivity index (χ4n) is 5.60. The maximum Gasteiger partial charge on any atom is 0.416 e. The highest BCUT2D eigenvalue weighted by molar-refractivity contribution is 5.98. The number of carbonyl (C=O) groups excluding carboxylic acids is 1. The maximum atomic E-state index is 13.5. The number of anilines is 1. The number of hydrogen-bond acceptors (Lipinski definition) is 7. The highest BCUT2D eigenvalue weighted by atomic mass is 19.4. The molecule has 0 spiro atoms. The number of fused-ring (bicyclic) bond motifs is 1. The molecule has 4 aromatic rings. The van der Waals surface area contributed by atoms with Crippen LogP contribution in [0.25, 0.3) is 22.3 Å². The maximum absolute atomic E-state index is 13.5. The Hall–Kier alpha value is -4.29. The minimum atomic E-state index is -4.45. The van der Waals surface area contributed by atoms with Crippen LogP contribution in [0.5, 0.6) is 0 Å². The molecule has 0 aliphatic carbocycles. The number of likely N-dealkylation sites (tertiary alicyclic amines) is 1. The molecule has 2 aromatic heterocycles. The minimum absolute atomic E-state index is 0.0745. The Morgan fingerprint density at radius 3 is 2.74 bits per heavy atom. The Labute approximate surface area is 240 Å². The van der Waals surface area contributed by atoms with Gasteiger partial charge in [-0.2, -0.15) is 18.3 Å². The molecular formula is C30H30F3N7O2. The van der Waals surface area contributed by atoms with Crippen molar-refractivity contribution in [3.63, 3.8) is 0 Å². The number of alkyl halides is 3. The zero-order valence-corrected chi connectivity index (χ0v) is 22.9. The van der Waals surface area contributed by atoms with Gasteiger partial charge in [0.1, 0.15) is 30.2 Å². The number of nitrogens with one attached hydrogen (secondary N) is 1. The van der Waals surface area contributed by atoms with E-state index in [1.807, 2.05) is 28.9 Å². The van der Waals surface area contributed by atoms with E-state index in [1.165, 1.54) is 18.5 Å². The van der Waals surface area contributed by atoms with Gasteiger partial charge in [-0.3, -0.25) is 10.1 Å². The van der Waals surface area contributed by atoms with Gasteiger partial charge in [0.2, 0.25) is 5.91 Å². The van der Waals surface area contributed by atoms with Gasteiger partial charge in [0.05, 0.1) is 17.0 Å². The number of nitrogens with zero attached hydrogens (tertiary/aromatic N) is 5. The van der Waals surface area contributed by atoms with E-state index >= 15 is 0 Å². The third kappa shape index (κ3) is 5.35. The Balaban J connectivity index is 1.19. The largest absolute Gasteiger partial charge is 0.416 e. The molecule has 2 unspecified atom stereocenters. The molecule has 218 valence electrons. The van der Waals surface area contributed by atoms with Crippen molar-refractivity contribution in [2.24, 2.45) is 0 Å². The van der Waals surface area contributed by atoms with Crippen molar-refractivity contribution in [2.45, 2.75) is 50.9 Å². The molecule has 42 heavy (non-hydrogen) atoms. The minimum Gasteiger partial charge on any atom is -0.383 e. The molecule has 0 saturated carbocycles. The van der Waals surface area contributed by atoms with Gasteiger partial charge in [0, 0.05) is 25.2 Å². The molecule has 0 bridgehead atoms. The number of piperidine rings is 1. The lowest BCUT2D eigenvalue weighted by Crippen LogP contribution is -2.40. The fraction of sp³-hybridized carbons (Fsp3) is 0.333. The fourth-order valence-corrected chi connectivity index (χ4v) is 5.60. The third-order valence-corrected chi connectivity index (χ3v) is 7.79. The number of ether oxygens (including phenoxy) is 1. The van der Waals surface area contributed by atoms with Crippen molar-refractivity contribution in [1.82, 2.24) is 30.0 Å². The summed E-state index contributed by atoms with van der Waals surface area (Å²) < 4.78 is 48.0. The first-order valence-electron chi connectivity index (χ1n) is 13.7. The van der Waals surface area contributed by atoms with Gasteiger partial charge in [-0.15, -0.1) is 0 Å².